The normalized spacial score (nSPS) is 11.2. The lowest BCUT2D eigenvalue weighted by Gasteiger charge is -2.10. The van der Waals surface area contributed by atoms with Crippen molar-refractivity contribution in [2.24, 2.45) is 0 Å². The molecular formula is C6H5BF3NO3. The molecule has 0 spiro atoms. The molecule has 0 aromatic carbocycles. The molecule has 0 bridgehead atoms. The minimum Gasteiger partial charge on any atom is -0.423 e. The number of rotatable bonds is 2. The van der Waals surface area contributed by atoms with E-state index in [-0.39, 0.29) is 0 Å². The van der Waals surface area contributed by atoms with Gasteiger partial charge in [-0.15, -0.1) is 13.2 Å². The number of hydrogen-bond donors (Lipinski definition) is 2. The zero-order valence-electron chi connectivity index (χ0n) is 6.69. The van der Waals surface area contributed by atoms with Gasteiger partial charge in [0.25, 0.3) is 0 Å². The Morgan fingerprint density at radius 3 is 2.50 bits per heavy atom. The van der Waals surface area contributed by atoms with Gasteiger partial charge in [-0.1, -0.05) is 6.07 Å². The minimum atomic E-state index is -4.90. The van der Waals surface area contributed by atoms with E-state index in [2.05, 4.69) is 9.72 Å². The Hall–Kier alpha value is -1.28. The summed E-state index contributed by atoms with van der Waals surface area (Å²) in [7, 11) is -2.05. The summed E-state index contributed by atoms with van der Waals surface area (Å²) in [6.07, 6.45) is -3.86. The van der Waals surface area contributed by atoms with Crippen LogP contribution in [0.5, 0.6) is 5.88 Å². The molecule has 8 heteroatoms. The maximum Gasteiger partial charge on any atom is 0.574 e. The van der Waals surface area contributed by atoms with Crippen LogP contribution in [-0.4, -0.2) is 28.5 Å². The van der Waals surface area contributed by atoms with Gasteiger partial charge in [-0.05, 0) is 6.07 Å². The molecule has 0 saturated carbocycles. The van der Waals surface area contributed by atoms with Crippen LogP contribution in [-0.2, 0) is 0 Å². The van der Waals surface area contributed by atoms with Crippen LogP contribution in [0.1, 0.15) is 0 Å². The van der Waals surface area contributed by atoms with E-state index in [0.29, 0.717) is 0 Å². The fourth-order valence-electron chi connectivity index (χ4n) is 0.795. The van der Waals surface area contributed by atoms with Crippen molar-refractivity contribution < 1.29 is 28.0 Å². The number of nitrogens with zero attached hydrogens (tertiary/aromatic N) is 1. The molecule has 0 unspecified atom stereocenters. The number of halogens is 3. The molecule has 0 atom stereocenters. The van der Waals surface area contributed by atoms with Crippen molar-refractivity contribution in [1.29, 1.82) is 0 Å². The Kier molecular flexibility index (Phi) is 2.97. The van der Waals surface area contributed by atoms with Gasteiger partial charge in [0.15, 0.2) is 0 Å². The molecule has 1 heterocycles. The Labute approximate surface area is 77.1 Å². The Bertz CT molecular complexity index is 317. The topological polar surface area (TPSA) is 62.6 Å². The summed E-state index contributed by atoms with van der Waals surface area (Å²) in [5.74, 6) is -0.866. The molecule has 0 aliphatic carbocycles. The average molecular weight is 207 g/mol. The molecule has 1 aromatic heterocycles. The molecule has 0 fully saturated rings. The first-order chi connectivity index (χ1) is 6.40. The molecule has 0 saturated heterocycles. The predicted molar refractivity (Wildman–Crippen MR) is 40.7 cm³/mol. The third kappa shape index (κ3) is 2.89. The Morgan fingerprint density at radius 2 is 2.00 bits per heavy atom. The van der Waals surface area contributed by atoms with Gasteiger partial charge in [0.05, 0.1) is 0 Å². The van der Waals surface area contributed by atoms with E-state index in [9.17, 15) is 13.2 Å². The summed E-state index contributed by atoms with van der Waals surface area (Å²) < 4.78 is 38.7. The second-order valence-electron chi connectivity index (χ2n) is 2.32. The summed E-state index contributed by atoms with van der Waals surface area (Å²) in [5, 5.41) is 17.3. The second kappa shape index (κ2) is 3.85. The van der Waals surface area contributed by atoms with E-state index in [1.807, 2.05) is 0 Å². The average Bonchev–Trinajstić information content (AvgIpc) is 2.01. The van der Waals surface area contributed by atoms with E-state index >= 15 is 0 Å². The first-order valence-corrected chi connectivity index (χ1v) is 3.47. The maximum atomic E-state index is 11.8. The molecule has 1 aromatic rings. The number of pyridine rings is 1. The lowest BCUT2D eigenvalue weighted by Crippen LogP contribution is -2.34. The highest BCUT2D eigenvalue weighted by Crippen LogP contribution is 2.18. The highest BCUT2D eigenvalue weighted by Gasteiger charge is 2.34. The predicted octanol–water partition coefficient (Wildman–Crippen LogP) is -0.340. The van der Waals surface area contributed by atoms with Crippen molar-refractivity contribution >= 4 is 12.6 Å². The van der Waals surface area contributed by atoms with Gasteiger partial charge in [-0.25, -0.2) is 4.98 Å². The van der Waals surface area contributed by atoms with E-state index in [4.69, 9.17) is 10.0 Å². The highest BCUT2D eigenvalue weighted by molar-refractivity contribution is 6.59. The minimum absolute atomic E-state index is 0.440. The standard InChI is InChI=1S/C6H5BF3NO3/c8-6(9,10)14-5-4(7(12)13)2-1-3-11-5/h1-3,12-13H. The Morgan fingerprint density at radius 1 is 1.36 bits per heavy atom. The van der Waals surface area contributed by atoms with Crippen LogP contribution in [0.3, 0.4) is 0 Å². The first kappa shape index (κ1) is 10.8. The highest BCUT2D eigenvalue weighted by atomic mass is 19.4. The SMILES string of the molecule is OB(O)c1cccnc1OC(F)(F)F. The monoisotopic (exact) mass is 207 g/mol. The summed E-state index contributed by atoms with van der Waals surface area (Å²) in [4.78, 5) is 3.22. The van der Waals surface area contributed by atoms with Crippen LogP contribution in [0.25, 0.3) is 0 Å². The third-order valence-electron chi connectivity index (χ3n) is 1.29. The van der Waals surface area contributed by atoms with Gasteiger partial charge in [0, 0.05) is 11.7 Å². The fraction of sp³-hybridized carbons (Fsp3) is 0.167. The molecule has 4 nitrogen and oxygen atoms in total. The molecule has 0 radical (unpaired) electrons. The van der Waals surface area contributed by atoms with E-state index in [1.54, 1.807) is 0 Å². The smallest absolute Gasteiger partial charge is 0.423 e. The van der Waals surface area contributed by atoms with Crippen molar-refractivity contribution in [3.8, 4) is 5.88 Å². The number of hydrogen-bond acceptors (Lipinski definition) is 4. The molecule has 0 aliphatic heterocycles. The molecule has 76 valence electrons. The van der Waals surface area contributed by atoms with E-state index in [0.717, 1.165) is 12.3 Å². The zero-order chi connectivity index (χ0) is 10.8. The third-order valence-corrected chi connectivity index (χ3v) is 1.29. The van der Waals surface area contributed by atoms with Crippen LogP contribution < -0.4 is 10.2 Å². The molecule has 14 heavy (non-hydrogen) atoms. The molecule has 0 amide bonds. The van der Waals surface area contributed by atoms with Gasteiger partial charge < -0.3 is 14.8 Å². The lowest BCUT2D eigenvalue weighted by molar-refractivity contribution is -0.275. The molecule has 1 rings (SSSR count). The van der Waals surface area contributed by atoms with Gasteiger partial charge in [0.2, 0.25) is 5.88 Å². The zero-order valence-corrected chi connectivity index (χ0v) is 6.69. The van der Waals surface area contributed by atoms with Crippen molar-refractivity contribution in [3.05, 3.63) is 18.3 Å². The van der Waals surface area contributed by atoms with Crippen LogP contribution in [0.2, 0.25) is 0 Å². The lowest BCUT2D eigenvalue weighted by atomic mass is 9.81. The summed E-state index contributed by atoms with van der Waals surface area (Å²) in [6, 6.07) is 2.33. The van der Waals surface area contributed by atoms with Crippen LogP contribution in [0.15, 0.2) is 18.3 Å². The van der Waals surface area contributed by atoms with Crippen molar-refractivity contribution in [2.75, 3.05) is 0 Å². The van der Waals surface area contributed by atoms with Gasteiger partial charge >= 0.3 is 13.5 Å². The van der Waals surface area contributed by atoms with Crippen LogP contribution >= 0.6 is 0 Å². The Balaban J connectivity index is 2.96. The summed E-state index contributed by atoms with van der Waals surface area (Å²) in [6.45, 7) is 0. The van der Waals surface area contributed by atoms with Crippen molar-refractivity contribution in [2.45, 2.75) is 6.36 Å². The quantitative estimate of drug-likeness (QED) is 0.651. The molecule has 2 N–H and O–H groups in total. The largest absolute Gasteiger partial charge is 0.574 e. The van der Waals surface area contributed by atoms with Gasteiger partial charge in [-0.3, -0.25) is 0 Å². The van der Waals surface area contributed by atoms with Crippen molar-refractivity contribution in [1.82, 2.24) is 4.98 Å². The summed E-state index contributed by atoms with van der Waals surface area (Å²) >= 11 is 0. The number of alkyl halides is 3. The maximum absolute atomic E-state index is 11.8. The van der Waals surface area contributed by atoms with E-state index < -0.39 is 24.8 Å². The van der Waals surface area contributed by atoms with Gasteiger partial charge in [-0.2, -0.15) is 0 Å². The van der Waals surface area contributed by atoms with Crippen molar-refractivity contribution in [3.63, 3.8) is 0 Å². The number of aromatic nitrogens is 1. The van der Waals surface area contributed by atoms with Gasteiger partial charge in [0.1, 0.15) is 0 Å². The number of ether oxygens (including phenoxy) is 1. The second-order valence-corrected chi connectivity index (χ2v) is 2.32. The van der Waals surface area contributed by atoms with Crippen LogP contribution in [0.4, 0.5) is 13.2 Å². The van der Waals surface area contributed by atoms with E-state index in [1.165, 1.54) is 6.07 Å². The fourth-order valence-corrected chi connectivity index (χ4v) is 0.795. The first-order valence-electron chi connectivity index (χ1n) is 3.47. The molecular weight excluding hydrogens is 202 g/mol. The van der Waals surface area contributed by atoms with Crippen LogP contribution in [0, 0.1) is 0 Å². The summed E-state index contributed by atoms with van der Waals surface area (Å²) in [5.41, 5.74) is -0.440. The molecule has 0 aliphatic rings.